The summed E-state index contributed by atoms with van der Waals surface area (Å²) in [5, 5.41) is 4.08. The summed E-state index contributed by atoms with van der Waals surface area (Å²) in [5.41, 5.74) is 6.27. The minimum absolute atomic E-state index is 0.0826. The topological polar surface area (TPSA) is 53.9 Å². The summed E-state index contributed by atoms with van der Waals surface area (Å²) in [6.45, 7) is 9.97. The first kappa shape index (κ1) is 21.4. The van der Waals surface area contributed by atoms with E-state index in [4.69, 9.17) is 4.74 Å². The highest BCUT2D eigenvalue weighted by Crippen LogP contribution is 2.43. The normalized spacial score (nSPS) is 17.8. The number of nitrogens with one attached hydrogen (secondary N) is 1. The molecule has 0 spiro atoms. The van der Waals surface area contributed by atoms with E-state index in [9.17, 15) is 4.79 Å². The van der Waals surface area contributed by atoms with Crippen molar-refractivity contribution in [3.05, 3.63) is 58.1 Å². The fraction of sp³-hybridized carbons (Fsp3) is 0.391. The lowest BCUT2D eigenvalue weighted by Crippen LogP contribution is -2.48. The van der Waals surface area contributed by atoms with E-state index in [-0.39, 0.29) is 18.1 Å². The molecule has 1 amide bonds. The van der Waals surface area contributed by atoms with E-state index in [1.165, 1.54) is 11.3 Å². The number of carbonyl (C=O) groups excluding carboxylic acids is 1. The molecule has 0 unspecified atom stereocenters. The van der Waals surface area contributed by atoms with Gasteiger partial charge in [-0.15, -0.1) is 0 Å². The summed E-state index contributed by atoms with van der Waals surface area (Å²) >= 11 is 3.36. The quantitative estimate of drug-likeness (QED) is 0.485. The molecular formula is C23H28BrN3O2. The van der Waals surface area contributed by atoms with E-state index in [2.05, 4.69) is 71.2 Å². The van der Waals surface area contributed by atoms with E-state index in [0.29, 0.717) is 11.7 Å². The van der Waals surface area contributed by atoms with Crippen molar-refractivity contribution < 1.29 is 9.53 Å². The Morgan fingerprint density at radius 3 is 2.72 bits per heavy atom. The first-order valence-electron chi connectivity index (χ1n) is 9.92. The van der Waals surface area contributed by atoms with Gasteiger partial charge in [0.2, 0.25) is 0 Å². The molecule has 0 aliphatic carbocycles. The van der Waals surface area contributed by atoms with Crippen molar-refractivity contribution in [3.8, 4) is 5.75 Å². The second kappa shape index (κ2) is 8.99. The molecule has 0 bridgehead atoms. The summed E-state index contributed by atoms with van der Waals surface area (Å²) in [7, 11) is 0. The molecule has 1 N–H and O–H groups in total. The van der Waals surface area contributed by atoms with Crippen molar-refractivity contribution in [2.45, 2.75) is 45.6 Å². The molecule has 2 aromatic rings. The van der Waals surface area contributed by atoms with Gasteiger partial charge in [-0.25, -0.2) is 5.43 Å². The van der Waals surface area contributed by atoms with Gasteiger partial charge in [0.15, 0.2) is 6.61 Å². The van der Waals surface area contributed by atoms with Crippen molar-refractivity contribution in [1.29, 1.82) is 0 Å². The van der Waals surface area contributed by atoms with Crippen LogP contribution in [0.15, 0.2) is 52.0 Å². The zero-order chi connectivity index (χ0) is 21.0. The molecule has 0 saturated carbocycles. The molecule has 154 valence electrons. The summed E-state index contributed by atoms with van der Waals surface area (Å²) in [6, 6.07) is 13.7. The Balaban J connectivity index is 1.60. The molecule has 1 aliphatic heterocycles. The van der Waals surface area contributed by atoms with Crippen LogP contribution >= 0.6 is 15.9 Å². The highest BCUT2D eigenvalue weighted by atomic mass is 79.9. The fourth-order valence-corrected chi connectivity index (χ4v) is 4.34. The van der Waals surface area contributed by atoms with Crippen LogP contribution in [0.4, 0.5) is 5.69 Å². The van der Waals surface area contributed by atoms with E-state index in [0.717, 1.165) is 23.0 Å². The number of hydrogen-bond donors (Lipinski definition) is 1. The average Bonchev–Trinajstić information content (AvgIpc) is 2.67. The lowest BCUT2D eigenvalue weighted by atomic mass is 9.79. The van der Waals surface area contributed by atoms with Crippen LogP contribution < -0.4 is 15.1 Å². The van der Waals surface area contributed by atoms with Gasteiger partial charge in [0.05, 0.1) is 6.21 Å². The Labute approximate surface area is 181 Å². The van der Waals surface area contributed by atoms with Gasteiger partial charge < -0.3 is 9.64 Å². The molecule has 3 rings (SSSR count). The van der Waals surface area contributed by atoms with Crippen LogP contribution in [0.1, 0.15) is 51.2 Å². The molecule has 29 heavy (non-hydrogen) atoms. The third kappa shape index (κ3) is 5.18. The summed E-state index contributed by atoms with van der Waals surface area (Å²) < 4.78 is 6.41. The van der Waals surface area contributed by atoms with E-state index in [1.807, 2.05) is 18.2 Å². The van der Waals surface area contributed by atoms with Gasteiger partial charge >= 0.3 is 0 Å². The van der Waals surface area contributed by atoms with Crippen LogP contribution in [-0.4, -0.2) is 30.8 Å². The van der Waals surface area contributed by atoms with Crippen molar-refractivity contribution in [2.24, 2.45) is 5.10 Å². The van der Waals surface area contributed by atoms with Gasteiger partial charge in [0, 0.05) is 22.2 Å². The van der Waals surface area contributed by atoms with Crippen molar-refractivity contribution in [1.82, 2.24) is 5.43 Å². The third-order valence-electron chi connectivity index (χ3n) is 5.31. The number of benzene rings is 2. The van der Waals surface area contributed by atoms with Crippen LogP contribution in [0.5, 0.6) is 5.75 Å². The number of rotatable bonds is 6. The van der Waals surface area contributed by atoms with Crippen LogP contribution in [0.2, 0.25) is 0 Å². The van der Waals surface area contributed by atoms with Gasteiger partial charge in [0.1, 0.15) is 5.75 Å². The standard InChI is InChI=1S/C23H28BrN3O2/c1-5-27-21-11-6-17(12-20(21)16(2)13-23(27,3)4)14-25-26-22(28)15-29-19-9-7-18(24)8-10-19/h6-12,14,16H,5,13,15H2,1-4H3,(H,26,28)/b25-14-/t16-/m0/s1. The van der Waals surface area contributed by atoms with Crippen LogP contribution in [-0.2, 0) is 4.79 Å². The van der Waals surface area contributed by atoms with Gasteiger partial charge in [-0.05, 0) is 80.6 Å². The Kier molecular flexibility index (Phi) is 6.63. The predicted molar refractivity (Wildman–Crippen MR) is 122 cm³/mol. The van der Waals surface area contributed by atoms with Crippen molar-refractivity contribution in [3.63, 3.8) is 0 Å². The second-order valence-corrected chi connectivity index (χ2v) is 8.93. The maximum atomic E-state index is 11.9. The SMILES string of the molecule is CCN1c2ccc(/C=N\NC(=O)COc3ccc(Br)cc3)cc2[C@@H](C)CC1(C)C. The molecule has 0 aromatic heterocycles. The summed E-state index contributed by atoms with van der Waals surface area (Å²) in [6.07, 6.45) is 2.79. The summed E-state index contributed by atoms with van der Waals surface area (Å²) in [4.78, 5) is 14.4. The molecule has 0 radical (unpaired) electrons. The fourth-order valence-electron chi connectivity index (χ4n) is 4.08. The Bertz CT molecular complexity index is 893. The third-order valence-corrected chi connectivity index (χ3v) is 5.84. The lowest BCUT2D eigenvalue weighted by Gasteiger charge is -2.47. The van der Waals surface area contributed by atoms with E-state index in [1.54, 1.807) is 18.3 Å². The Hall–Kier alpha value is -2.34. The number of carbonyl (C=O) groups is 1. The summed E-state index contributed by atoms with van der Waals surface area (Å²) in [5.74, 6) is 0.818. The van der Waals surface area contributed by atoms with Gasteiger partial charge in [0.25, 0.3) is 5.91 Å². The Morgan fingerprint density at radius 2 is 2.03 bits per heavy atom. The number of hydrazone groups is 1. The number of fused-ring (bicyclic) bond motifs is 1. The molecule has 0 fully saturated rings. The van der Waals surface area contributed by atoms with Gasteiger partial charge in [-0.2, -0.15) is 5.10 Å². The minimum Gasteiger partial charge on any atom is -0.484 e. The first-order chi connectivity index (χ1) is 13.8. The zero-order valence-electron chi connectivity index (χ0n) is 17.4. The number of halogens is 1. The maximum Gasteiger partial charge on any atom is 0.277 e. The van der Waals surface area contributed by atoms with E-state index < -0.39 is 0 Å². The van der Waals surface area contributed by atoms with Crippen LogP contribution in [0.25, 0.3) is 0 Å². The number of anilines is 1. The van der Waals surface area contributed by atoms with Gasteiger partial charge in [-0.1, -0.05) is 28.9 Å². The molecule has 0 saturated heterocycles. The van der Waals surface area contributed by atoms with Crippen LogP contribution in [0, 0.1) is 0 Å². The van der Waals surface area contributed by atoms with Crippen molar-refractivity contribution in [2.75, 3.05) is 18.1 Å². The number of nitrogens with zero attached hydrogens (tertiary/aromatic N) is 2. The smallest absolute Gasteiger partial charge is 0.277 e. The lowest BCUT2D eigenvalue weighted by molar-refractivity contribution is -0.123. The van der Waals surface area contributed by atoms with Crippen molar-refractivity contribution >= 4 is 33.7 Å². The van der Waals surface area contributed by atoms with Crippen LogP contribution in [0.3, 0.4) is 0 Å². The number of ether oxygens (including phenoxy) is 1. The molecule has 5 nitrogen and oxygen atoms in total. The average molecular weight is 458 g/mol. The first-order valence-corrected chi connectivity index (χ1v) is 10.7. The highest BCUT2D eigenvalue weighted by molar-refractivity contribution is 9.10. The molecule has 1 aliphatic rings. The zero-order valence-corrected chi connectivity index (χ0v) is 19.0. The minimum atomic E-state index is -0.297. The number of hydrogen-bond acceptors (Lipinski definition) is 4. The predicted octanol–water partition coefficient (Wildman–Crippen LogP) is 5.09. The highest BCUT2D eigenvalue weighted by Gasteiger charge is 2.35. The molecular weight excluding hydrogens is 430 g/mol. The molecule has 1 heterocycles. The maximum absolute atomic E-state index is 11.9. The molecule has 6 heteroatoms. The number of amides is 1. The monoisotopic (exact) mass is 457 g/mol. The molecule has 2 aromatic carbocycles. The second-order valence-electron chi connectivity index (χ2n) is 8.02. The van der Waals surface area contributed by atoms with E-state index >= 15 is 0 Å². The Morgan fingerprint density at radius 1 is 1.31 bits per heavy atom. The van der Waals surface area contributed by atoms with Gasteiger partial charge in [-0.3, -0.25) is 4.79 Å². The molecule has 1 atom stereocenters. The largest absolute Gasteiger partial charge is 0.484 e.